The summed E-state index contributed by atoms with van der Waals surface area (Å²) in [5, 5.41) is 12.3. The predicted octanol–water partition coefficient (Wildman–Crippen LogP) is 1.11. The van der Waals surface area contributed by atoms with Crippen LogP contribution in [0.5, 0.6) is 0 Å². The Labute approximate surface area is 113 Å². The maximum Gasteiger partial charge on any atom is 0.304 e. The molecule has 2 N–H and O–H groups in total. The van der Waals surface area contributed by atoms with Crippen molar-refractivity contribution >= 4 is 5.97 Å². The highest BCUT2D eigenvalue weighted by Gasteiger charge is 2.23. The lowest BCUT2D eigenvalue weighted by Crippen LogP contribution is -2.41. The van der Waals surface area contributed by atoms with Crippen molar-refractivity contribution in [3.8, 4) is 0 Å². The number of rotatable bonds is 4. The molecule has 5 heteroatoms. The number of nitrogens with zero attached hydrogens (tertiary/aromatic N) is 2. The van der Waals surface area contributed by atoms with Crippen LogP contribution < -0.4 is 5.32 Å². The van der Waals surface area contributed by atoms with Gasteiger partial charge in [0, 0.05) is 44.1 Å². The maximum absolute atomic E-state index is 10.9. The van der Waals surface area contributed by atoms with E-state index >= 15 is 0 Å². The minimum absolute atomic E-state index is 0.0201. The molecule has 2 unspecified atom stereocenters. The highest BCUT2D eigenvalue weighted by Crippen LogP contribution is 2.11. The van der Waals surface area contributed by atoms with Crippen LogP contribution >= 0.6 is 0 Å². The number of pyridine rings is 1. The van der Waals surface area contributed by atoms with Crippen molar-refractivity contribution in [3.63, 3.8) is 0 Å². The monoisotopic (exact) mass is 263 g/mol. The van der Waals surface area contributed by atoms with E-state index in [0.717, 1.165) is 26.1 Å². The van der Waals surface area contributed by atoms with Crippen molar-refractivity contribution in [1.82, 2.24) is 15.2 Å². The number of aliphatic carboxylic acids is 1. The summed E-state index contributed by atoms with van der Waals surface area (Å²) in [5.74, 6) is -0.743. The average molecular weight is 263 g/mol. The Hall–Kier alpha value is -1.46. The Morgan fingerprint density at radius 1 is 1.63 bits per heavy atom. The summed E-state index contributed by atoms with van der Waals surface area (Å²) in [6.45, 7) is 4.70. The number of hydrogen-bond acceptors (Lipinski definition) is 4. The maximum atomic E-state index is 10.9. The van der Waals surface area contributed by atoms with Crippen molar-refractivity contribution in [2.45, 2.75) is 38.4 Å². The lowest BCUT2D eigenvalue weighted by molar-refractivity contribution is -0.137. The van der Waals surface area contributed by atoms with Crippen LogP contribution in [0.1, 0.15) is 25.3 Å². The van der Waals surface area contributed by atoms with Crippen LogP contribution in [-0.4, -0.2) is 46.1 Å². The minimum atomic E-state index is -0.743. The number of carboxylic acid groups (broad SMARTS) is 1. The van der Waals surface area contributed by atoms with E-state index in [0.29, 0.717) is 6.04 Å². The Morgan fingerprint density at radius 3 is 3.16 bits per heavy atom. The Morgan fingerprint density at radius 2 is 2.47 bits per heavy atom. The fraction of sp³-hybridized carbons (Fsp3) is 0.571. The number of aromatic nitrogens is 1. The van der Waals surface area contributed by atoms with E-state index in [-0.39, 0.29) is 12.5 Å². The molecule has 2 rings (SSSR count). The highest BCUT2D eigenvalue weighted by atomic mass is 16.4. The second kappa shape index (κ2) is 6.63. The quantitative estimate of drug-likeness (QED) is 0.852. The second-order valence-corrected chi connectivity index (χ2v) is 5.25. The summed E-state index contributed by atoms with van der Waals surface area (Å²) in [4.78, 5) is 17.3. The van der Waals surface area contributed by atoms with Gasteiger partial charge in [0.05, 0.1) is 6.42 Å². The zero-order valence-corrected chi connectivity index (χ0v) is 11.2. The lowest BCUT2D eigenvalue weighted by atomic mass is 10.1. The summed E-state index contributed by atoms with van der Waals surface area (Å²) in [6.07, 6.45) is 4.85. The van der Waals surface area contributed by atoms with E-state index < -0.39 is 5.97 Å². The molecule has 104 valence electrons. The van der Waals surface area contributed by atoms with E-state index in [1.165, 1.54) is 5.56 Å². The van der Waals surface area contributed by atoms with Gasteiger partial charge in [0.1, 0.15) is 0 Å². The van der Waals surface area contributed by atoms with Gasteiger partial charge in [0.2, 0.25) is 0 Å². The third-order valence-electron chi connectivity index (χ3n) is 3.43. The van der Waals surface area contributed by atoms with Gasteiger partial charge in [0.15, 0.2) is 0 Å². The molecule has 0 aliphatic carbocycles. The van der Waals surface area contributed by atoms with E-state index in [2.05, 4.69) is 28.2 Å². The summed E-state index contributed by atoms with van der Waals surface area (Å²) >= 11 is 0. The van der Waals surface area contributed by atoms with Gasteiger partial charge >= 0.3 is 5.97 Å². The van der Waals surface area contributed by atoms with E-state index in [9.17, 15) is 4.79 Å². The summed E-state index contributed by atoms with van der Waals surface area (Å²) in [7, 11) is 0. The first-order chi connectivity index (χ1) is 9.13. The van der Waals surface area contributed by atoms with Crippen molar-refractivity contribution in [1.29, 1.82) is 0 Å². The van der Waals surface area contributed by atoms with Crippen LogP contribution in [0.25, 0.3) is 0 Å². The number of hydrogen-bond donors (Lipinski definition) is 2. The fourth-order valence-electron chi connectivity index (χ4n) is 2.55. The summed E-state index contributed by atoms with van der Waals surface area (Å²) in [6, 6.07) is 4.37. The third kappa shape index (κ3) is 4.61. The average Bonchev–Trinajstić information content (AvgIpc) is 2.52. The highest BCUT2D eigenvalue weighted by molar-refractivity contribution is 5.67. The first-order valence-corrected chi connectivity index (χ1v) is 6.72. The Balaban J connectivity index is 1.97. The molecule has 1 saturated heterocycles. The molecule has 19 heavy (non-hydrogen) atoms. The molecule has 0 saturated carbocycles. The van der Waals surface area contributed by atoms with Crippen molar-refractivity contribution in [2.75, 3.05) is 13.1 Å². The van der Waals surface area contributed by atoms with Gasteiger partial charge in [0.25, 0.3) is 0 Å². The third-order valence-corrected chi connectivity index (χ3v) is 3.43. The standard InChI is InChI=1S/C14H21N3O2/c1-11-4-6-17(9-12-3-2-5-15-8-12)10-13(16-11)7-14(18)19/h2-3,5,8,11,13,16H,4,6-7,9-10H2,1H3,(H,18,19). The molecule has 1 aliphatic heterocycles. The van der Waals surface area contributed by atoms with E-state index in [1.54, 1.807) is 6.20 Å². The van der Waals surface area contributed by atoms with Gasteiger partial charge in [-0.15, -0.1) is 0 Å². The van der Waals surface area contributed by atoms with Gasteiger partial charge in [-0.1, -0.05) is 6.07 Å². The normalized spacial score (nSPS) is 24.9. The van der Waals surface area contributed by atoms with Crippen LogP contribution in [0.2, 0.25) is 0 Å². The van der Waals surface area contributed by atoms with Crippen LogP contribution in [-0.2, 0) is 11.3 Å². The number of carboxylic acids is 1. The van der Waals surface area contributed by atoms with Crippen molar-refractivity contribution in [3.05, 3.63) is 30.1 Å². The van der Waals surface area contributed by atoms with Crippen LogP contribution in [0.4, 0.5) is 0 Å². The fourth-order valence-corrected chi connectivity index (χ4v) is 2.55. The molecule has 0 amide bonds. The van der Waals surface area contributed by atoms with Gasteiger partial charge in [-0.2, -0.15) is 0 Å². The zero-order valence-electron chi connectivity index (χ0n) is 11.2. The van der Waals surface area contributed by atoms with E-state index in [4.69, 9.17) is 5.11 Å². The van der Waals surface area contributed by atoms with Crippen molar-refractivity contribution < 1.29 is 9.90 Å². The number of nitrogens with one attached hydrogen (secondary N) is 1. The van der Waals surface area contributed by atoms with Gasteiger partial charge in [-0.25, -0.2) is 0 Å². The number of carbonyl (C=O) groups is 1. The first kappa shape index (κ1) is 14.0. The molecule has 0 spiro atoms. The molecule has 2 atom stereocenters. The van der Waals surface area contributed by atoms with Crippen molar-refractivity contribution in [2.24, 2.45) is 0 Å². The Bertz CT molecular complexity index is 410. The molecule has 0 bridgehead atoms. The molecule has 0 aromatic carbocycles. The SMILES string of the molecule is CC1CCN(Cc2cccnc2)CC(CC(=O)O)N1. The topological polar surface area (TPSA) is 65.5 Å². The van der Waals surface area contributed by atoms with Gasteiger partial charge in [-0.05, 0) is 25.0 Å². The van der Waals surface area contributed by atoms with Gasteiger partial charge < -0.3 is 10.4 Å². The summed E-state index contributed by atoms with van der Waals surface area (Å²) < 4.78 is 0. The van der Waals surface area contributed by atoms with Crippen LogP contribution in [0, 0.1) is 0 Å². The molecule has 1 aromatic rings. The zero-order chi connectivity index (χ0) is 13.7. The largest absolute Gasteiger partial charge is 0.481 e. The molecule has 0 radical (unpaired) electrons. The van der Waals surface area contributed by atoms with Crippen LogP contribution in [0.3, 0.4) is 0 Å². The molecular formula is C14H21N3O2. The lowest BCUT2D eigenvalue weighted by Gasteiger charge is -2.23. The molecule has 2 heterocycles. The molecule has 1 fully saturated rings. The molecule has 5 nitrogen and oxygen atoms in total. The van der Waals surface area contributed by atoms with Gasteiger partial charge in [-0.3, -0.25) is 14.7 Å². The minimum Gasteiger partial charge on any atom is -0.481 e. The smallest absolute Gasteiger partial charge is 0.304 e. The molecule has 1 aliphatic rings. The Kier molecular flexibility index (Phi) is 4.87. The molecule has 1 aromatic heterocycles. The first-order valence-electron chi connectivity index (χ1n) is 6.72. The predicted molar refractivity (Wildman–Crippen MR) is 72.8 cm³/mol. The van der Waals surface area contributed by atoms with Crippen LogP contribution in [0.15, 0.2) is 24.5 Å². The van der Waals surface area contributed by atoms with E-state index in [1.807, 2.05) is 12.3 Å². The second-order valence-electron chi connectivity index (χ2n) is 5.25. The summed E-state index contributed by atoms with van der Waals surface area (Å²) in [5.41, 5.74) is 1.17. The molecular weight excluding hydrogens is 242 g/mol.